The fourth-order valence-corrected chi connectivity index (χ4v) is 1.53. The molecule has 0 heterocycles. The summed E-state index contributed by atoms with van der Waals surface area (Å²) in [7, 11) is 0. The Hall–Kier alpha value is -0.830. The topological polar surface area (TPSA) is 48.8 Å². The molecule has 1 unspecified atom stereocenters. The zero-order valence-corrected chi connectivity index (χ0v) is 6.71. The molecule has 1 rings (SSSR count). The van der Waals surface area contributed by atoms with Gasteiger partial charge in [-0.3, -0.25) is 0 Å². The Labute approximate surface area is 69.4 Å². The van der Waals surface area contributed by atoms with Gasteiger partial charge in [0.05, 0.1) is 0 Å². The number of hydrogen-bond acceptors (Lipinski definition) is 1. The Kier molecular flexibility index (Phi) is 2.87. The molecule has 0 amide bonds. The van der Waals surface area contributed by atoms with Crippen LogP contribution in [-0.2, 0) is 0 Å². The van der Waals surface area contributed by atoms with E-state index in [0.29, 0.717) is 12.8 Å². The first-order valence-corrected chi connectivity index (χ1v) is 4.05. The Morgan fingerprint density at radius 1 is 1.50 bits per heavy atom. The molecule has 68 valence electrons. The molecule has 0 bridgehead atoms. The van der Waals surface area contributed by atoms with Gasteiger partial charge >= 0.3 is 0 Å². The second kappa shape index (κ2) is 3.72. The summed E-state index contributed by atoms with van der Waals surface area (Å²) in [4.78, 5) is 2.49. The van der Waals surface area contributed by atoms with E-state index >= 15 is 0 Å². The van der Waals surface area contributed by atoms with Gasteiger partial charge in [0.1, 0.15) is 0 Å². The van der Waals surface area contributed by atoms with Gasteiger partial charge in [-0.1, -0.05) is 11.5 Å². The monoisotopic (exact) mass is 175 g/mol. The first-order valence-electron chi connectivity index (χ1n) is 4.05. The Morgan fingerprint density at radius 2 is 2.25 bits per heavy atom. The van der Waals surface area contributed by atoms with Crippen molar-refractivity contribution in [2.45, 2.75) is 31.6 Å². The van der Waals surface area contributed by atoms with Crippen LogP contribution in [0.2, 0.25) is 0 Å². The maximum Gasteiger partial charge on any atom is 0.251 e. The van der Waals surface area contributed by atoms with Crippen LogP contribution >= 0.6 is 0 Å². The Bertz CT molecular complexity index is 199. The minimum Gasteiger partial charge on any atom is -0.207 e. The van der Waals surface area contributed by atoms with Crippen molar-refractivity contribution in [3.8, 4) is 0 Å². The zero-order valence-electron chi connectivity index (χ0n) is 6.71. The lowest BCUT2D eigenvalue weighted by atomic mass is 9.86. The average molecular weight is 175 g/mol. The van der Waals surface area contributed by atoms with E-state index in [1.165, 1.54) is 0 Å². The van der Waals surface area contributed by atoms with E-state index in [2.05, 4.69) is 10.0 Å². The molecule has 1 atom stereocenters. The highest BCUT2D eigenvalue weighted by Crippen LogP contribution is 2.38. The number of halogens is 2. The van der Waals surface area contributed by atoms with Crippen molar-refractivity contribution in [2.75, 3.05) is 6.54 Å². The summed E-state index contributed by atoms with van der Waals surface area (Å²) in [5, 5.41) is 3.19. The van der Waals surface area contributed by atoms with Crippen LogP contribution in [0.5, 0.6) is 0 Å². The van der Waals surface area contributed by atoms with E-state index in [1.54, 1.807) is 0 Å². The fraction of sp³-hybridized carbons (Fsp3) is 1.00. The molecule has 5 heteroatoms. The molecule has 0 radical (unpaired) electrons. The molecular formula is C7H11F2N3. The van der Waals surface area contributed by atoms with Gasteiger partial charge in [-0.05, 0) is 18.4 Å². The summed E-state index contributed by atoms with van der Waals surface area (Å²) >= 11 is 0. The van der Waals surface area contributed by atoms with Crippen molar-refractivity contribution in [3.05, 3.63) is 10.4 Å². The van der Waals surface area contributed by atoms with E-state index in [-0.39, 0.29) is 13.0 Å². The second-order valence-corrected chi connectivity index (χ2v) is 3.12. The SMILES string of the molecule is [N-]=[N+]=NCC1CCCCC1(F)F. The van der Waals surface area contributed by atoms with Crippen molar-refractivity contribution in [3.63, 3.8) is 0 Å². The first-order chi connectivity index (χ1) is 5.67. The van der Waals surface area contributed by atoms with Crippen LogP contribution in [0.25, 0.3) is 10.4 Å². The summed E-state index contributed by atoms with van der Waals surface area (Å²) in [5.41, 5.74) is 7.98. The van der Waals surface area contributed by atoms with Gasteiger partial charge in [-0.2, -0.15) is 0 Å². The number of nitrogens with zero attached hydrogens (tertiary/aromatic N) is 3. The predicted molar refractivity (Wildman–Crippen MR) is 40.9 cm³/mol. The summed E-state index contributed by atoms with van der Waals surface area (Å²) in [5.74, 6) is -3.35. The van der Waals surface area contributed by atoms with Crippen LogP contribution in [0.15, 0.2) is 5.11 Å². The summed E-state index contributed by atoms with van der Waals surface area (Å²) in [6, 6.07) is 0. The van der Waals surface area contributed by atoms with Crippen LogP contribution in [-0.4, -0.2) is 12.5 Å². The van der Waals surface area contributed by atoms with Crippen molar-refractivity contribution in [1.82, 2.24) is 0 Å². The fourth-order valence-electron chi connectivity index (χ4n) is 1.53. The number of rotatable bonds is 2. The highest BCUT2D eigenvalue weighted by molar-refractivity contribution is 4.83. The van der Waals surface area contributed by atoms with Crippen LogP contribution in [0.4, 0.5) is 8.78 Å². The van der Waals surface area contributed by atoms with Crippen molar-refractivity contribution in [2.24, 2.45) is 11.0 Å². The van der Waals surface area contributed by atoms with Crippen molar-refractivity contribution < 1.29 is 8.78 Å². The molecule has 0 saturated heterocycles. The third-order valence-electron chi connectivity index (χ3n) is 2.28. The van der Waals surface area contributed by atoms with E-state index in [9.17, 15) is 8.78 Å². The van der Waals surface area contributed by atoms with Crippen LogP contribution < -0.4 is 0 Å². The molecular weight excluding hydrogens is 164 g/mol. The molecule has 12 heavy (non-hydrogen) atoms. The lowest BCUT2D eigenvalue weighted by Crippen LogP contribution is -2.33. The third kappa shape index (κ3) is 2.08. The smallest absolute Gasteiger partial charge is 0.207 e. The molecule has 0 aromatic rings. The van der Waals surface area contributed by atoms with Gasteiger partial charge < -0.3 is 0 Å². The van der Waals surface area contributed by atoms with Gasteiger partial charge in [0.25, 0.3) is 5.92 Å². The highest BCUT2D eigenvalue weighted by Gasteiger charge is 2.40. The number of alkyl halides is 2. The molecule has 0 aliphatic heterocycles. The predicted octanol–water partition coefficient (Wildman–Crippen LogP) is 3.12. The second-order valence-electron chi connectivity index (χ2n) is 3.12. The average Bonchev–Trinajstić information content (AvgIpc) is 2.02. The van der Waals surface area contributed by atoms with Gasteiger partial charge in [-0.25, -0.2) is 8.78 Å². The first kappa shape index (κ1) is 9.26. The molecule has 1 aliphatic rings. The molecule has 0 aromatic carbocycles. The van der Waals surface area contributed by atoms with E-state index in [4.69, 9.17) is 5.53 Å². The number of azide groups is 1. The normalized spacial score (nSPS) is 27.7. The Morgan fingerprint density at radius 3 is 2.83 bits per heavy atom. The molecule has 3 nitrogen and oxygen atoms in total. The zero-order chi connectivity index (χ0) is 9.03. The van der Waals surface area contributed by atoms with Crippen LogP contribution in [0, 0.1) is 5.92 Å². The van der Waals surface area contributed by atoms with Gasteiger partial charge in [0.15, 0.2) is 0 Å². The lowest BCUT2D eigenvalue weighted by molar-refractivity contribution is -0.0816. The summed E-state index contributed by atoms with van der Waals surface area (Å²) in [6.07, 6.45) is 1.83. The Balaban J connectivity index is 2.53. The largest absolute Gasteiger partial charge is 0.251 e. The quantitative estimate of drug-likeness (QED) is 0.351. The van der Waals surface area contributed by atoms with E-state index in [0.717, 1.165) is 6.42 Å². The van der Waals surface area contributed by atoms with Gasteiger partial charge in [0, 0.05) is 23.8 Å². The number of hydrogen-bond donors (Lipinski definition) is 0. The molecule has 0 N–H and O–H groups in total. The van der Waals surface area contributed by atoms with Crippen molar-refractivity contribution >= 4 is 0 Å². The van der Waals surface area contributed by atoms with Crippen LogP contribution in [0.3, 0.4) is 0 Å². The molecule has 0 spiro atoms. The highest BCUT2D eigenvalue weighted by atomic mass is 19.3. The standard InChI is InChI=1S/C7H11F2N3/c8-7(9)4-2-1-3-6(7)5-11-12-10/h6H,1-5H2. The maximum absolute atomic E-state index is 13.0. The summed E-state index contributed by atoms with van der Waals surface area (Å²) in [6.45, 7) is -0.0660. The maximum atomic E-state index is 13.0. The molecule has 1 aliphatic carbocycles. The minimum atomic E-state index is -2.62. The third-order valence-corrected chi connectivity index (χ3v) is 2.28. The molecule has 1 fully saturated rings. The molecule has 0 aromatic heterocycles. The minimum absolute atomic E-state index is 0.0569. The van der Waals surface area contributed by atoms with Crippen LogP contribution in [0.1, 0.15) is 25.7 Å². The lowest BCUT2D eigenvalue weighted by Gasteiger charge is -2.29. The summed E-state index contributed by atoms with van der Waals surface area (Å²) < 4.78 is 26.0. The van der Waals surface area contributed by atoms with Gasteiger partial charge in [0.2, 0.25) is 0 Å². The van der Waals surface area contributed by atoms with E-state index < -0.39 is 11.8 Å². The van der Waals surface area contributed by atoms with E-state index in [1.807, 2.05) is 0 Å². The molecule has 1 saturated carbocycles. The van der Waals surface area contributed by atoms with Crippen molar-refractivity contribution in [1.29, 1.82) is 0 Å². The van der Waals surface area contributed by atoms with Gasteiger partial charge in [-0.15, -0.1) is 0 Å².